The molecular weight excluding hydrogens is 258 g/mol. The molecule has 7 nitrogen and oxygen atoms in total. The minimum atomic E-state index is -4.59. The van der Waals surface area contributed by atoms with Crippen LogP contribution in [0.25, 0.3) is 5.43 Å². The zero-order valence-electron chi connectivity index (χ0n) is 8.65. The molecule has 0 amide bonds. The molecule has 1 aromatic rings. The predicted molar refractivity (Wildman–Crippen MR) is 44.4 cm³/mol. The number of hydrogen-bond donors (Lipinski definition) is 0. The van der Waals surface area contributed by atoms with E-state index in [4.69, 9.17) is 0 Å². The summed E-state index contributed by atoms with van der Waals surface area (Å²) in [6.45, 7) is 0. The number of benzene rings is 1. The van der Waals surface area contributed by atoms with Gasteiger partial charge in [0.05, 0.1) is 4.90 Å². The zero-order valence-corrected chi connectivity index (χ0v) is 13.5. The Kier molecular flexibility index (Phi) is 8.90. The molecule has 76 valence electrons. The predicted octanol–water partition coefficient (Wildman–Crippen LogP) is -5.20. The summed E-state index contributed by atoms with van der Waals surface area (Å²) in [4.78, 5) is 9.40. The second kappa shape index (κ2) is 7.62. The van der Waals surface area contributed by atoms with Crippen molar-refractivity contribution in [1.82, 2.24) is 0 Å². The molecule has 0 fully saturated rings. The Morgan fingerprint density at radius 2 is 1.81 bits per heavy atom. The molecule has 0 aliphatic carbocycles. The van der Waals surface area contributed by atoms with Crippen molar-refractivity contribution in [2.45, 2.75) is 4.90 Å². The summed E-state index contributed by atoms with van der Waals surface area (Å²) < 4.78 is 31.5. The van der Waals surface area contributed by atoms with Crippen LogP contribution in [0.3, 0.4) is 0 Å². The van der Waals surface area contributed by atoms with Gasteiger partial charge >= 0.3 is 59.1 Å². The Bertz CT molecular complexity index is 464. The molecule has 1 rings (SSSR count). The minimum Gasteiger partial charge on any atom is -0.744 e. The Morgan fingerprint density at radius 1 is 1.25 bits per heavy atom. The Hall–Kier alpha value is 0.330. The van der Waals surface area contributed by atoms with E-state index in [0.29, 0.717) is 0 Å². The normalized spacial score (nSPS) is 9.56. The van der Waals surface area contributed by atoms with Crippen LogP contribution in [0.4, 0.5) is 5.69 Å². The quantitative estimate of drug-likeness (QED) is 0.234. The smallest absolute Gasteiger partial charge is 0.744 e. The van der Waals surface area contributed by atoms with Gasteiger partial charge in [-0.1, -0.05) is 23.9 Å². The van der Waals surface area contributed by atoms with E-state index in [2.05, 4.69) is 5.43 Å². The molecule has 0 aromatic heterocycles. The van der Waals surface area contributed by atoms with Crippen molar-refractivity contribution in [3.8, 4) is 0 Å². The molecule has 0 aliphatic heterocycles. The standard InChI is InChI=1S/C6H5N2O5S.2Na/c9-8(10)7-5-2-1-3-6(4-5)14(11,12)13;;/h1-4H,(H,11,12,13);;/q-1;2*+1/p-1. The molecular formula is C6H4N2Na2O5S. The van der Waals surface area contributed by atoms with Crippen molar-refractivity contribution in [3.05, 3.63) is 39.8 Å². The van der Waals surface area contributed by atoms with Crippen LogP contribution in [0.2, 0.25) is 0 Å². The first-order valence-corrected chi connectivity index (χ1v) is 4.72. The summed E-state index contributed by atoms with van der Waals surface area (Å²) >= 11 is 0. The van der Waals surface area contributed by atoms with E-state index in [1.165, 1.54) is 12.1 Å². The summed E-state index contributed by atoms with van der Waals surface area (Å²) in [5.41, 5.74) is 2.66. The van der Waals surface area contributed by atoms with Crippen LogP contribution in [0.15, 0.2) is 29.2 Å². The molecule has 0 radical (unpaired) electrons. The molecule has 0 spiro atoms. The third-order valence-electron chi connectivity index (χ3n) is 1.30. The van der Waals surface area contributed by atoms with Gasteiger partial charge in [0.1, 0.15) is 10.1 Å². The van der Waals surface area contributed by atoms with Gasteiger partial charge < -0.3 is 9.98 Å². The molecule has 0 aliphatic rings. The van der Waals surface area contributed by atoms with Gasteiger partial charge in [-0.25, -0.2) is 8.42 Å². The Balaban J connectivity index is 0. The molecule has 0 heterocycles. The Labute approximate surface area is 136 Å². The van der Waals surface area contributed by atoms with Crippen molar-refractivity contribution in [1.29, 1.82) is 0 Å². The largest absolute Gasteiger partial charge is 1.00 e. The number of rotatable bonds is 3. The maximum absolute atomic E-state index is 10.5. The minimum absolute atomic E-state index is 0. The van der Waals surface area contributed by atoms with E-state index < -0.39 is 20.0 Å². The Morgan fingerprint density at radius 3 is 2.25 bits per heavy atom. The van der Waals surface area contributed by atoms with Crippen molar-refractivity contribution in [2.75, 3.05) is 0 Å². The average molecular weight is 262 g/mol. The fraction of sp³-hybridized carbons (Fsp3) is 0. The van der Waals surface area contributed by atoms with E-state index >= 15 is 0 Å². The van der Waals surface area contributed by atoms with Gasteiger partial charge in [-0.2, -0.15) is 0 Å². The maximum Gasteiger partial charge on any atom is 1.00 e. The molecule has 0 bridgehead atoms. The second-order valence-electron chi connectivity index (χ2n) is 2.29. The SMILES string of the molecule is O=[N+]([O-])[N-]c1cccc(S(=O)(=O)[O-])c1.[Na+].[Na+]. The fourth-order valence-electron chi connectivity index (χ4n) is 0.796. The van der Waals surface area contributed by atoms with Gasteiger partial charge in [-0.15, -0.1) is 0 Å². The van der Waals surface area contributed by atoms with Crippen LogP contribution >= 0.6 is 0 Å². The van der Waals surface area contributed by atoms with Crippen LogP contribution in [-0.2, 0) is 10.1 Å². The topological polar surface area (TPSA) is 114 Å². The maximum atomic E-state index is 10.5. The van der Waals surface area contributed by atoms with E-state index in [1.54, 1.807) is 0 Å². The zero-order chi connectivity index (χ0) is 10.8. The van der Waals surface area contributed by atoms with E-state index in [1.807, 2.05) is 0 Å². The molecule has 0 unspecified atom stereocenters. The van der Waals surface area contributed by atoms with E-state index in [-0.39, 0.29) is 64.8 Å². The van der Waals surface area contributed by atoms with Crippen molar-refractivity contribution >= 4 is 15.8 Å². The molecule has 0 atom stereocenters. The van der Waals surface area contributed by atoms with Gasteiger partial charge in [-0.3, -0.25) is 10.1 Å². The van der Waals surface area contributed by atoms with Crippen LogP contribution in [0.1, 0.15) is 0 Å². The van der Waals surface area contributed by atoms with E-state index in [0.717, 1.165) is 12.1 Å². The van der Waals surface area contributed by atoms with Gasteiger partial charge in [0.2, 0.25) is 0 Å². The van der Waals surface area contributed by atoms with Crippen molar-refractivity contribution in [2.24, 2.45) is 0 Å². The van der Waals surface area contributed by atoms with Crippen LogP contribution in [0, 0.1) is 10.1 Å². The molecule has 0 N–H and O–H groups in total. The molecule has 0 saturated heterocycles. The van der Waals surface area contributed by atoms with Gasteiger partial charge in [-0.05, 0) is 11.1 Å². The average Bonchev–Trinajstić information content (AvgIpc) is 2.01. The van der Waals surface area contributed by atoms with Crippen LogP contribution < -0.4 is 59.1 Å². The third kappa shape index (κ3) is 6.16. The first-order valence-electron chi connectivity index (χ1n) is 3.31. The molecule has 0 saturated carbocycles. The van der Waals surface area contributed by atoms with Crippen molar-refractivity contribution < 1.29 is 77.1 Å². The summed E-state index contributed by atoms with van der Waals surface area (Å²) in [7, 11) is -4.59. The summed E-state index contributed by atoms with van der Waals surface area (Å²) in [6, 6.07) is 4.30. The monoisotopic (exact) mass is 262 g/mol. The first kappa shape index (κ1) is 18.7. The number of nitrogens with zero attached hydrogens (tertiary/aromatic N) is 2. The van der Waals surface area contributed by atoms with E-state index in [9.17, 15) is 23.1 Å². The summed E-state index contributed by atoms with van der Waals surface area (Å²) in [5.74, 6) is 0. The second-order valence-corrected chi connectivity index (χ2v) is 3.67. The third-order valence-corrected chi connectivity index (χ3v) is 2.13. The van der Waals surface area contributed by atoms with Gasteiger partial charge in [0, 0.05) is 0 Å². The van der Waals surface area contributed by atoms with Crippen LogP contribution in [0.5, 0.6) is 0 Å². The number of hydrogen-bond acceptors (Lipinski definition) is 5. The summed E-state index contributed by atoms with van der Waals surface area (Å²) in [5, 5.41) is 8.97. The fourth-order valence-corrected chi connectivity index (χ4v) is 1.31. The summed E-state index contributed by atoms with van der Waals surface area (Å²) in [6.07, 6.45) is 0. The van der Waals surface area contributed by atoms with Crippen LogP contribution in [-0.4, -0.2) is 18.0 Å². The molecule has 16 heavy (non-hydrogen) atoms. The molecule has 10 heteroatoms. The number of nitro groups is 1. The first-order chi connectivity index (χ1) is 6.39. The van der Waals surface area contributed by atoms with Crippen molar-refractivity contribution in [3.63, 3.8) is 0 Å². The van der Waals surface area contributed by atoms with Gasteiger partial charge in [0.25, 0.3) is 0 Å². The molecule has 1 aromatic carbocycles. The van der Waals surface area contributed by atoms with Gasteiger partial charge in [0.15, 0.2) is 0 Å².